The molecule has 0 aromatic carbocycles. The zero-order valence-electron chi connectivity index (χ0n) is 29.4. The summed E-state index contributed by atoms with van der Waals surface area (Å²) in [6, 6.07) is 0. The van der Waals surface area contributed by atoms with Gasteiger partial charge in [0.2, 0.25) is 0 Å². The molecule has 0 spiro atoms. The normalized spacial score (nSPS) is 12.2. The van der Waals surface area contributed by atoms with E-state index in [0.717, 1.165) is 32.1 Å². The van der Waals surface area contributed by atoms with Gasteiger partial charge in [0.25, 0.3) is 0 Å². The van der Waals surface area contributed by atoms with Gasteiger partial charge in [-0.2, -0.15) is 0 Å². The van der Waals surface area contributed by atoms with E-state index < -0.39 is 6.10 Å². The molecule has 260 valence electrons. The van der Waals surface area contributed by atoms with Gasteiger partial charge >= 0.3 is 11.9 Å². The number of allylic oxidation sites excluding steroid dienone is 2. The molecule has 0 heterocycles. The number of carbonyl (C=O) groups is 2. The standard InChI is InChI=1S/C39H74O5/c1-3-5-7-9-11-13-15-17-19-21-23-25-27-29-31-33-38(41)43-36-37(35-40)44-39(42)34-32-30-28-26-24-22-20-18-16-14-12-10-8-6-4-2/h14,16,37,40H,3-13,15,17-36H2,1-2H3/t37-/m0/s1. The van der Waals surface area contributed by atoms with Crippen LogP contribution >= 0.6 is 0 Å². The third-order valence-electron chi connectivity index (χ3n) is 8.56. The number of carbonyl (C=O) groups excluding carboxylic acids is 2. The maximum atomic E-state index is 12.1. The Bertz CT molecular complexity index is 632. The topological polar surface area (TPSA) is 72.8 Å². The summed E-state index contributed by atoms with van der Waals surface area (Å²) in [6.07, 6.45) is 39.8. The van der Waals surface area contributed by atoms with Gasteiger partial charge in [-0.15, -0.1) is 0 Å². The summed E-state index contributed by atoms with van der Waals surface area (Å²) in [6.45, 7) is 4.13. The zero-order chi connectivity index (χ0) is 32.2. The molecule has 0 rings (SSSR count). The molecule has 1 atom stereocenters. The summed E-state index contributed by atoms with van der Waals surface area (Å²) >= 11 is 0. The van der Waals surface area contributed by atoms with Crippen LogP contribution in [0.25, 0.3) is 0 Å². The maximum absolute atomic E-state index is 12.1. The van der Waals surface area contributed by atoms with Crippen LogP contribution < -0.4 is 0 Å². The smallest absolute Gasteiger partial charge is 0.306 e. The second-order valence-electron chi connectivity index (χ2n) is 13.0. The summed E-state index contributed by atoms with van der Waals surface area (Å²) in [4.78, 5) is 24.2. The zero-order valence-corrected chi connectivity index (χ0v) is 29.4. The van der Waals surface area contributed by atoms with E-state index in [2.05, 4.69) is 26.0 Å². The van der Waals surface area contributed by atoms with Crippen molar-refractivity contribution in [1.82, 2.24) is 0 Å². The number of hydrogen-bond acceptors (Lipinski definition) is 5. The Morgan fingerprint density at radius 2 is 0.841 bits per heavy atom. The molecule has 0 aromatic heterocycles. The first-order chi connectivity index (χ1) is 21.6. The second kappa shape index (κ2) is 36.1. The molecule has 5 nitrogen and oxygen atoms in total. The predicted molar refractivity (Wildman–Crippen MR) is 187 cm³/mol. The summed E-state index contributed by atoms with van der Waals surface area (Å²) in [5.74, 6) is -0.586. The largest absolute Gasteiger partial charge is 0.462 e. The van der Waals surface area contributed by atoms with Crippen LogP contribution in [0.3, 0.4) is 0 Å². The summed E-state index contributed by atoms with van der Waals surface area (Å²) in [7, 11) is 0. The molecule has 0 unspecified atom stereocenters. The molecule has 0 amide bonds. The van der Waals surface area contributed by atoms with E-state index in [0.29, 0.717) is 12.8 Å². The molecule has 1 N–H and O–H groups in total. The number of unbranched alkanes of at least 4 members (excludes halogenated alkanes) is 25. The molecule has 0 aromatic rings. The average Bonchev–Trinajstić information content (AvgIpc) is 3.02. The molecule has 0 aliphatic heterocycles. The minimum absolute atomic E-state index is 0.0616. The van der Waals surface area contributed by atoms with Crippen molar-refractivity contribution in [2.75, 3.05) is 13.2 Å². The lowest BCUT2D eigenvalue weighted by molar-refractivity contribution is -0.161. The van der Waals surface area contributed by atoms with Crippen molar-refractivity contribution < 1.29 is 24.2 Å². The van der Waals surface area contributed by atoms with E-state index in [9.17, 15) is 14.7 Å². The average molecular weight is 623 g/mol. The highest BCUT2D eigenvalue weighted by Gasteiger charge is 2.16. The minimum atomic E-state index is -0.766. The maximum Gasteiger partial charge on any atom is 0.306 e. The second-order valence-corrected chi connectivity index (χ2v) is 13.0. The number of aliphatic hydroxyl groups excluding tert-OH is 1. The quantitative estimate of drug-likeness (QED) is 0.0432. The highest BCUT2D eigenvalue weighted by atomic mass is 16.6. The van der Waals surface area contributed by atoms with Crippen molar-refractivity contribution in [2.45, 2.75) is 213 Å². The lowest BCUT2D eigenvalue weighted by atomic mass is 10.0. The van der Waals surface area contributed by atoms with Crippen LogP contribution in [0.5, 0.6) is 0 Å². The number of aliphatic hydroxyl groups is 1. The lowest BCUT2D eigenvalue weighted by Gasteiger charge is -2.15. The van der Waals surface area contributed by atoms with Crippen molar-refractivity contribution in [1.29, 1.82) is 0 Å². The first kappa shape index (κ1) is 42.6. The van der Waals surface area contributed by atoms with Crippen LogP contribution in [-0.2, 0) is 19.1 Å². The van der Waals surface area contributed by atoms with Crippen LogP contribution in [0.1, 0.15) is 206 Å². The Morgan fingerprint density at radius 1 is 0.500 bits per heavy atom. The van der Waals surface area contributed by atoms with Crippen molar-refractivity contribution in [3.8, 4) is 0 Å². The van der Waals surface area contributed by atoms with Gasteiger partial charge in [-0.25, -0.2) is 0 Å². The lowest BCUT2D eigenvalue weighted by Crippen LogP contribution is -2.28. The first-order valence-electron chi connectivity index (χ1n) is 19.2. The van der Waals surface area contributed by atoms with Gasteiger partial charge in [0.05, 0.1) is 6.61 Å². The van der Waals surface area contributed by atoms with Gasteiger partial charge < -0.3 is 14.6 Å². The van der Waals surface area contributed by atoms with E-state index >= 15 is 0 Å². The number of ether oxygens (including phenoxy) is 2. The van der Waals surface area contributed by atoms with Crippen molar-refractivity contribution >= 4 is 11.9 Å². The molecule has 5 heteroatoms. The summed E-state index contributed by atoms with van der Waals surface area (Å²) in [5, 5.41) is 9.54. The molecule has 0 fully saturated rings. The highest BCUT2D eigenvalue weighted by molar-refractivity contribution is 5.70. The molecular formula is C39H74O5. The molecule has 0 saturated heterocycles. The molecule has 0 aliphatic carbocycles. The van der Waals surface area contributed by atoms with E-state index in [1.807, 2.05) is 0 Å². The van der Waals surface area contributed by atoms with Gasteiger partial charge in [-0.1, -0.05) is 167 Å². The Hall–Kier alpha value is -1.36. The monoisotopic (exact) mass is 623 g/mol. The molecule has 0 aliphatic rings. The predicted octanol–water partition coefficient (Wildman–Crippen LogP) is 11.7. The SMILES string of the molecule is CCCCCCC=CCCCCCCCCCC(=O)O[C@@H](CO)COC(=O)CCCCCCCCCCCCCCCCC. The summed E-state index contributed by atoms with van der Waals surface area (Å²) in [5.41, 5.74) is 0. The van der Waals surface area contributed by atoms with Gasteiger partial charge in [0.15, 0.2) is 6.10 Å². The van der Waals surface area contributed by atoms with Gasteiger partial charge in [0.1, 0.15) is 6.61 Å². The van der Waals surface area contributed by atoms with Gasteiger partial charge in [0, 0.05) is 12.8 Å². The third-order valence-corrected chi connectivity index (χ3v) is 8.56. The molecule has 0 bridgehead atoms. The van der Waals surface area contributed by atoms with Gasteiger partial charge in [-0.05, 0) is 38.5 Å². The van der Waals surface area contributed by atoms with Crippen LogP contribution in [0, 0.1) is 0 Å². The third kappa shape index (κ3) is 33.5. The van der Waals surface area contributed by atoms with Crippen LogP contribution in [0.4, 0.5) is 0 Å². The minimum Gasteiger partial charge on any atom is -0.462 e. The molecule has 0 saturated carbocycles. The van der Waals surface area contributed by atoms with Gasteiger partial charge in [-0.3, -0.25) is 9.59 Å². The number of hydrogen-bond donors (Lipinski definition) is 1. The Labute approximate surface area is 273 Å². The fourth-order valence-electron chi connectivity index (χ4n) is 5.61. The van der Waals surface area contributed by atoms with Crippen molar-refractivity contribution in [3.63, 3.8) is 0 Å². The van der Waals surface area contributed by atoms with Crippen LogP contribution in [0.15, 0.2) is 12.2 Å². The van der Waals surface area contributed by atoms with E-state index in [1.54, 1.807) is 0 Å². The Kier molecular flexibility index (Phi) is 35.0. The van der Waals surface area contributed by atoms with Crippen LogP contribution in [-0.4, -0.2) is 36.4 Å². The first-order valence-corrected chi connectivity index (χ1v) is 19.2. The fourth-order valence-corrected chi connectivity index (χ4v) is 5.61. The number of rotatable bonds is 35. The van der Waals surface area contributed by atoms with Crippen molar-refractivity contribution in [3.05, 3.63) is 12.2 Å². The van der Waals surface area contributed by atoms with E-state index in [-0.39, 0.29) is 25.2 Å². The van der Waals surface area contributed by atoms with Crippen LogP contribution in [0.2, 0.25) is 0 Å². The van der Waals surface area contributed by atoms with E-state index in [1.165, 1.54) is 148 Å². The van der Waals surface area contributed by atoms with Crippen molar-refractivity contribution in [2.24, 2.45) is 0 Å². The Morgan fingerprint density at radius 3 is 1.25 bits per heavy atom. The highest BCUT2D eigenvalue weighted by Crippen LogP contribution is 2.15. The molecule has 44 heavy (non-hydrogen) atoms. The summed E-state index contributed by atoms with van der Waals surface area (Å²) < 4.78 is 10.6. The Balaban J connectivity index is 3.53. The number of esters is 2. The van der Waals surface area contributed by atoms with E-state index in [4.69, 9.17) is 9.47 Å². The molecule has 0 radical (unpaired) electrons. The fraction of sp³-hybridized carbons (Fsp3) is 0.897. The molecular weight excluding hydrogens is 548 g/mol.